The summed E-state index contributed by atoms with van der Waals surface area (Å²) < 4.78 is -12.0. The van der Waals surface area contributed by atoms with Crippen LogP contribution in [0.4, 0.5) is 0 Å². The zero-order valence-electron chi connectivity index (χ0n) is 6.98. The Labute approximate surface area is 157 Å². The molecule has 104 valence electrons. The van der Waals surface area contributed by atoms with Gasteiger partial charge in [-0.05, 0) is 139 Å². The fourth-order valence-electron chi connectivity index (χ4n) is 0.862. The van der Waals surface area contributed by atoms with Crippen molar-refractivity contribution in [2.75, 3.05) is 0 Å². The van der Waals surface area contributed by atoms with E-state index in [4.69, 9.17) is 139 Å². The minimum absolute atomic E-state index is 1.73. The molecule has 0 N–H and O–H groups in total. The Hall–Kier alpha value is 3.44. The molecule has 0 fully saturated rings. The fraction of sp³-hybridized carbons (Fsp3) is 1.00. The second-order valence-corrected chi connectivity index (χ2v) is 11.4. The number of alkyl halides is 12. The molecule has 0 amide bonds. The zero-order valence-corrected chi connectivity index (χ0v) is 16.1. The summed E-state index contributed by atoms with van der Waals surface area (Å²) in [5.41, 5.74) is 0. The Balaban J connectivity index is 6.37. The number of hydrogen-bond acceptors (Lipinski definition) is 0. The van der Waals surface area contributed by atoms with E-state index >= 15 is 0 Å². The molecule has 0 heterocycles. The Morgan fingerprint density at radius 3 is 0.471 bits per heavy atom. The third-order valence-corrected chi connectivity index (χ3v) is 4.56. The van der Waals surface area contributed by atoms with E-state index in [0.717, 1.165) is 0 Å². The molecule has 0 aliphatic heterocycles. The van der Waals surface area contributed by atoms with Crippen LogP contribution in [0.5, 0.6) is 0 Å². The van der Waals surface area contributed by atoms with Crippen LogP contribution >= 0.6 is 139 Å². The molecular weight excluding hydrogens is 487 g/mol. The Bertz CT molecular complexity index is 211. The van der Waals surface area contributed by atoms with Gasteiger partial charge in [0.15, 0.2) is 0 Å². The van der Waals surface area contributed by atoms with Gasteiger partial charge in [-0.25, -0.2) is 0 Å². The summed E-state index contributed by atoms with van der Waals surface area (Å²) in [6.07, 6.45) is 0. The molecule has 0 spiro atoms. The first kappa shape index (κ1) is 20.4. The largest absolute Gasteiger partial charge is 0.340 e. The van der Waals surface area contributed by atoms with Gasteiger partial charge in [0.05, 0.1) is 0 Å². The van der Waals surface area contributed by atoms with Crippen molar-refractivity contribution in [2.24, 2.45) is 0 Å². The van der Waals surface area contributed by atoms with Gasteiger partial charge in [-0.2, -0.15) is 0 Å². The predicted octanol–water partition coefficient (Wildman–Crippen LogP) is 7.11. The average molecular weight is 487 g/mol. The average Bonchev–Trinajstić information content (AvgIpc) is 1.67. The molecule has 0 aliphatic carbocycles. The molecule has 17 heavy (non-hydrogen) atoms. The second kappa shape index (κ2) is 5.91. The first-order chi connectivity index (χ1) is 7.00. The first-order valence-electron chi connectivity index (χ1n) is 3.16. The molecule has 0 aromatic heterocycles. The van der Waals surface area contributed by atoms with E-state index in [1.807, 2.05) is 0 Å². The molecule has 1 nitrogen and oxygen atoms in total. The summed E-state index contributed by atoms with van der Waals surface area (Å²) in [4.78, 5) is 0. The van der Waals surface area contributed by atoms with Gasteiger partial charge in [0.1, 0.15) is 0 Å². The minimum atomic E-state index is -2.57. The molecule has 0 rings (SSSR count). The van der Waals surface area contributed by atoms with Gasteiger partial charge in [-0.1, -0.05) is 0 Å². The van der Waals surface area contributed by atoms with E-state index in [1.54, 1.807) is 0 Å². The first-order valence-corrected chi connectivity index (χ1v) is 7.70. The Kier molecular flexibility index (Phi) is 7.11. The summed E-state index contributed by atoms with van der Waals surface area (Å²) >= 11 is 67.8. The Morgan fingerprint density at radius 1 is 0.353 bits per heavy atom. The smallest absolute Gasteiger partial charge is 0.147 e. The SMILES string of the molecule is ClC(Cl)(Cl)[N+](C(Cl)(Cl)Cl)(C(Cl)(Cl)Cl)C(Cl)(Cl)Cl. The number of nitrogens with zero attached hydrogens (tertiary/aromatic N) is 1. The lowest BCUT2D eigenvalue weighted by molar-refractivity contribution is -0.966. The lowest BCUT2D eigenvalue weighted by Gasteiger charge is -2.53. The van der Waals surface area contributed by atoms with Gasteiger partial charge in [-0.3, -0.25) is 0 Å². The number of halogens is 12. The monoisotopic (exact) mass is 482 g/mol. The highest BCUT2D eigenvalue weighted by Crippen LogP contribution is 2.67. The number of quaternary nitrogens is 1. The van der Waals surface area contributed by atoms with Gasteiger partial charge in [-0.15, -0.1) is 4.48 Å². The second-order valence-electron chi connectivity index (χ2n) is 2.54. The van der Waals surface area contributed by atoms with E-state index in [0.29, 0.717) is 0 Å². The maximum Gasteiger partial charge on any atom is 0.340 e. The lowest BCUT2D eigenvalue weighted by atomic mass is 10.7. The van der Waals surface area contributed by atoms with E-state index in [9.17, 15) is 0 Å². The molecule has 0 atom stereocenters. The molecule has 0 aromatic rings. The molecule has 0 saturated carbocycles. The van der Waals surface area contributed by atoms with Crippen LogP contribution in [0.2, 0.25) is 0 Å². The predicted molar refractivity (Wildman–Crippen MR) is 81.4 cm³/mol. The molecular formula is C4Cl12N+. The van der Waals surface area contributed by atoms with Gasteiger partial charge in [0, 0.05) is 0 Å². The summed E-state index contributed by atoms with van der Waals surface area (Å²) in [6.45, 7) is 0. The summed E-state index contributed by atoms with van der Waals surface area (Å²) in [7, 11) is 0. The maximum absolute atomic E-state index is 5.65. The highest BCUT2D eigenvalue weighted by molar-refractivity contribution is 6.75. The third kappa shape index (κ3) is 3.80. The topological polar surface area (TPSA) is 0 Å². The van der Waals surface area contributed by atoms with Crippen molar-refractivity contribution in [3.63, 3.8) is 0 Å². The van der Waals surface area contributed by atoms with Crippen LogP contribution in [0.1, 0.15) is 0 Å². The molecule has 0 unspecified atom stereocenters. The van der Waals surface area contributed by atoms with Crippen LogP contribution in [0.15, 0.2) is 0 Å². The molecule has 0 aliphatic rings. The van der Waals surface area contributed by atoms with Crippen molar-refractivity contribution in [3.8, 4) is 0 Å². The molecule has 13 heteroatoms. The maximum atomic E-state index is 5.65. The van der Waals surface area contributed by atoms with E-state index < -0.39 is 20.1 Å². The van der Waals surface area contributed by atoms with Gasteiger partial charge in [0.2, 0.25) is 0 Å². The van der Waals surface area contributed by atoms with Crippen LogP contribution in [-0.2, 0) is 0 Å². The van der Waals surface area contributed by atoms with Crippen molar-refractivity contribution in [2.45, 2.75) is 15.7 Å². The molecule has 0 saturated heterocycles. The highest BCUT2D eigenvalue weighted by atomic mass is 35.6. The van der Waals surface area contributed by atoms with E-state index in [1.165, 1.54) is 0 Å². The minimum Gasteiger partial charge on any atom is -0.147 e. The van der Waals surface area contributed by atoms with Crippen molar-refractivity contribution in [1.82, 2.24) is 0 Å². The highest BCUT2D eigenvalue weighted by Gasteiger charge is 2.79. The summed E-state index contributed by atoms with van der Waals surface area (Å²) in [6, 6.07) is 0. The fourth-order valence-corrected chi connectivity index (χ4v) is 7.76. The van der Waals surface area contributed by atoms with Crippen LogP contribution in [0.3, 0.4) is 0 Å². The van der Waals surface area contributed by atoms with E-state index in [-0.39, 0.29) is 0 Å². The summed E-state index contributed by atoms with van der Waals surface area (Å²) in [5, 5.41) is 0. The number of hydrogen-bond donors (Lipinski definition) is 0. The number of rotatable bonds is 0. The molecule has 0 radical (unpaired) electrons. The normalized spacial score (nSPS) is 16.2. The van der Waals surface area contributed by atoms with Crippen LogP contribution in [-0.4, -0.2) is 20.1 Å². The lowest BCUT2D eigenvalue weighted by Crippen LogP contribution is -2.74. The van der Waals surface area contributed by atoms with Crippen molar-refractivity contribution in [1.29, 1.82) is 0 Å². The van der Waals surface area contributed by atoms with E-state index in [2.05, 4.69) is 0 Å². The van der Waals surface area contributed by atoms with Crippen LogP contribution in [0.25, 0.3) is 0 Å². The Morgan fingerprint density at radius 2 is 0.471 bits per heavy atom. The standard InChI is InChI=1S/C4Cl12N/c5-1(6,7)17(2(8,9)10,3(11,12)13)4(14,15)16/q+1. The van der Waals surface area contributed by atoms with Crippen LogP contribution in [0, 0.1) is 0 Å². The van der Waals surface area contributed by atoms with Gasteiger partial charge in [0.25, 0.3) is 0 Å². The molecule has 0 aromatic carbocycles. The third-order valence-electron chi connectivity index (χ3n) is 1.52. The van der Waals surface area contributed by atoms with Crippen molar-refractivity contribution >= 4 is 139 Å². The molecule has 0 bridgehead atoms. The van der Waals surface area contributed by atoms with Crippen molar-refractivity contribution < 1.29 is 4.48 Å². The van der Waals surface area contributed by atoms with Gasteiger partial charge >= 0.3 is 15.7 Å². The van der Waals surface area contributed by atoms with Crippen molar-refractivity contribution in [3.05, 3.63) is 0 Å². The zero-order chi connectivity index (χ0) is 14.5. The summed E-state index contributed by atoms with van der Waals surface area (Å²) in [5.74, 6) is 0. The quantitative estimate of drug-likeness (QED) is 0.194. The van der Waals surface area contributed by atoms with Crippen LogP contribution < -0.4 is 0 Å². The van der Waals surface area contributed by atoms with Gasteiger partial charge < -0.3 is 0 Å².